The molecular weight excluding hydrogens is 307 g/mol. The Morgan fingerprint density at radius 2 is 2.12 bits per heavy atom. The van der Waals surface area contributed by atoms with Crippen molar-refractivity contribution in [1.82, 2.24) is 10.3 Å². The number of aliphatic hydroxyl groups is 1. The number of nitrogens with one attached hydrogen (secondary N) is 1. The minimum Gasteiger partial charge on any atom is -0.396 e. The SMILES string of the molecule is Cc1nc2cc(F)ccc2cc1C(=O)NC1C2CCC(C2)C1CO. The number of hydrogen-bond acceptors (Lipinski definition) is 3. The highest BCUT2D eigenvalue weighted by molar-refractivity contribution is 5.98. The fourth-order valence-corrected chi connectivity index (χ4v) is 4.59. The molecule has 2 saturated carbocycles. The average Bonchev–Trinajstić information content (AvgIpc) is 3.15. The van der Waals surface area contributed by atoms with Crippen LogP contribution < -0.4 is 5.32 Å². The first-order valence-electron chi connectivity index (χ1n) is 8.55. The van der Waals surface area contributed by atoms with Crippen molar-refractivity contribution in [2.45, 2.75) is 32.2 Å². The maximum atomic E-state index is 13.3. The molecule has 0 spiro atoms. The number of aryl methyl sites for hydroxylation is 1. The summed E-state index contributed by atoms with van der Waals surface area (Å²) in [5.41, 5.74) is 1.67. The van der Waals surface area contributed by atoms with Gasteiger partial charge in [0.15, 0.2) is 0 Å². The molecule has 4 unspecified atom stereocenters. The molecule has 2 aromatic rings. The predicted octanol–water partition coefficient (Wildman–Crippen LogP) is 2.82. The van der Waals surface area contributed by atoms with Gasteiger partial charge in [0.25, 0.3) is 5.91 Å². The lowest BCUT2D eigenvalue weighted by Gasteiger charge is -2.30. The molecule has 0 saturated heterocycles. The van der Waals surface area contributed by atoms with E-state index in [0.29, 0.717) is 28.6 Å². The number of halogens is 1. The third-order valence-corrected chi connectivity index (χ3v) is 5.81. The second-order valence-corrected chi connectivity index (χ2v) is 7.14. The van der Waals surface area contributed by atoms with Crippen molar-refractivity contribution in [1.29, 1.82) is 0 Å². The molecule has 2 bridgehead atoms. The average molecular weight is 328 g/mol. The number of hydrogen-bond donors (Lipinski definition) is 2. The minimum atomic E-state index is -0.334. The number of rotatable bonds is 3. The second-order valence-electron chi connectivity index (χ2n) is 7.14. The van der Waals surface area contributed by atoms with Crippen molar-refractivity contribution in [3.63, 3.8) is 0 Å². The molecule has 24 heavy (non-hydrogen) atoms. The van der Waals surface area contributed by atoms with Gasteiger partial charge in [0, 0.05) is 30.0 Å². The molecule has 2 fully saturated rings. The Labute approximate surface area is 140 Å². The Kier molecular flexibility index (Phi) is 3.76. The Hall–Kier alpha value is -2.01. The van der Waals surface area contributed by atoms with Crippen LogP contribution in [0.1, 0.15) is 35.3 Å². The minimum absolute atomic E-state index is 0.0459. The van der Waals surface area contributed by atoms with Crippen LogP contribution in [0.4, 0.5) is 4.39 Å². The van der Waals surface area contributed by atoms with Gasteiger partial charge >= 0.3 is 0 Å². The summed E-state index contributed by atoms with van der Waals surface area (Å²) in [6.07, 6.45) is 3.38. The fraction of sp³-hybridized carbons (Fsp3) is 0.474. The summed E-state index contributed by atoms with van der Waals surface area (Å²) in [4.78, 5) is 17.1. The monoisotopic (exact) mass is 328 g/mol. The summed E-state index contributed by atoms with van der Waals surface area (Å²) in [7, 11) is 0. The smallest absolute Gasteiger partial charge is 0.253 e. The first-order valence-corrected chi connectivity index (χ1v) is 8.55. The van der Waals surface area contributed by atoms with Crippen LogP contribution in [0.25, 0.3) is 10.9 Å². The van der Waals surface area contributed by atoms with Crippen LogP contribution >= 0.6 is 0 Å². The maximum absolute atomic E-state index is 13.3. The molecule has 2 aliphatic carbocycles. The standard InChI is InChI=1S/C19H21FN2O2/c1-10-15(7-12-4-5-14(20)8-17(12)21-10)19(24)22-18-13-3-2-11(6-13)16(18)9-23/h4-5,7-8,11,13,16,18,23H,2-3,6,9H2,1H3,(H,22,24). The largest absolute Gasteiger partial charge is 0.396 e. The fourth-order valence-electron chi connectivity index (χ4n) is 4.59. The normalized spacial score (nSPS) is 28.5. The second kappa shape index (κ2) is 5.81. The van der Waals surface area contributed by atoms with E-state index in [1.165, 1.54) is 12.1 Å². The number of amides is 1. The molecule has 4 nitrogen and oxygen atoms in total. The van der Waals surface area contributed by atoms with Gasteiger partial charge in [-0.2, -0.15) is 0 Å². The predicted molar refractivity (Wildman–Crippen MR) is 89.1 cm³/mol. The lowest BCUT2D eigenvalue weighted by Crippen LogP contribution is -2.45. The molecule has 5 heteroatoms. The van der Waals surface area contributed by atoms with Gasteiger partial charge in [-0.1, -0.05) is 0 Å². The quantitative estimate of drug-likeness (QED) is 0.911. The Morgan fingerprint density at radius 3 is 2.92 bits per heavy atom. The van der Waals surface area contributed by atoms with Gasteiger partial charge in [-0.3, -0.25) is 9.78 Å². The number of pyridine rings is 1. The zero-order valence-corrected chi connectivity index (χ0v) is 13.6. The van der Waals surface area contributed by atoms with Gasteiger partial charge in [0.1, 0.15) is 5.82 Å². The van der Waals surface area contributed by atoms with Gasteiger partial charge in [-0.15, -0.1) is 0 Å². The summed E-state index contributed by atoms with van der Waals surface area (Å²) in [5, 5.41) is 13.5. The molecule has 2 aliphatic rings. The summed E-state index contributed by atoms with van der Waals surface area (Å²) in [5.74, 6) is 0.681. The van der Waals surface area contributed by atoms with Crippen molar-refractivity contribution in [3.8, 4) is 0 Å². The van der Waals surface area contributed by atoms with Crippen LogP contribution in [-0.2, 0) is 0 Å². The van der Waals surface area contributed by atoms with E-state index in [4.69, 9.17) is 0 Å². The van der Waals surface area contributed by atoms with E-state index in [-0.39, 0.29) is 30.3 Å². The summed E-state index contributed by atoms with van der Waals surface area (Å²) in [6.45, 7) is 1.89. The first-order chi connectivity index (χ1) is 11.6. The number of aromatic nitrogens is 1. The van der Waals surface area contributed by atoms with Crippen molar-refractivity contribution in [2.75, 3.05) is 6.61 Å². The number of nitrogens with zero attached hydrogens (tertiary/aromatic N) is 1. The number of carbonyl (C=O) groups excluding carboxylic acids is 1. The van der Waals surface area contributed by atoms with Gasteiger partial charge in [-0.05, 0) is 56.2 Å². The highest BCUT2D eigenvalue weighted by Gasteiger charge is 2.47. The topological polar surface area (TPSA) is 62.2 Å². The van der Waals surface area contributed by atoms with Gasteiger partial charge in [0.05, 0.1) is 16.8 Å². The molecule has 4 rings (SSSR count). The van der Waals surface area contributed by atoms with Crippen LogP contribution in [0.5, 0.6) is 0 Å². The van der Waals surface area contributed by atoms with Crippen LogP contribution in [0.3, 0.4) is 0 Å². The van der Waals surface area contributed by atoms with Gasteiger partial charge in [0.2, 0.25) is 0 Å². The molecule has 1 amide bonds. The van der Waals surface area contributed by atoms with Gasteiger partial charge < -0.3 is 10.4 Å². The zero-order valence-electron chi connectivity index (χ0n) is 13.6. The first kappa shape index (κ1) is 15.5. The molecule has 4 atom stereocenters. The van der Waals surface area contributed by atoms with E-state index in [0.717, 1.165) is 24.6 Å². The maximum Gasteiger partial charge on any atom is 0.253 e. The van der Waals surface area contributed by atoms with E-state index < -0.39 is 0 Å². The Bertz CT molecular complexity index is 807. The number of aliphatic hydroxyl groups excluding tert-OH is 1. The van der Waals surface area contributed by atoms with Crippen LogP contribution in [0.15, 0.2) is 24.3 Å². The van der Waals surface area contributed by atoms with Crippen molar-refractivity contribution in [2.24, 2.45) is 17.8 Å². The molecule has 1 heterocycles. The Morgan fingerprint density at radius 1 is 1.33 bits per heavy atom. The highest BCUT2D eigenvalue weighted by atomic mass is 19.1. The number of fused-ring (bicyclic) bond motifs is 3. The molecule has 1 aromatic carbocycles. The Balaban J connectivity index is 1.61. The van der Waals surface area contributed by atoms with Crippen LogP contribution in [0.2, 0.25) is 0 Å². The summed E-state index contributed by atoms with van der Waals surface area (Å²) >= 11 is 0. The van der Waals surface area contributed by atoms with Crippen molar-refractivity contribution in [3.05, 3.63) is 41.3 Å². The molecule has 0 radical (unpaired) electrons. The highest BCUT2D eigenvalue weighted by Crippen LogP contribution is 2.48. The molecular formula is C19H21FN2O2. The van der Waals surface area contributed by atoms with Crippen LogP contribution in [0, 0.1) is 30.5 Å². The van der Waals surface area contributed by atoms with E-state index in [1.807, 2.05) is 0 Å². The number of carbonyl (C=O) groups is 1. The van der Waals surface area contributed by atoms with E-state index in [9.17, 15) is 14.3 Å². The van der Waals surface area contributed by atoms with E-state index >= 15 is 0 Å². The summed E-state index contributed by atoms with van der Waals surface area (Å²) in [6, 6.07) is 6.21. The summed E-state index contributed by atoms with van der Waals surface area (Å²) < 4.78 is 13.3. The molecule has 126 valence electrons. The van der Waals surface area contributed by atoms with Crippen molar-refractivity contribution < 1.29 is 14.3 Å². The zero-order chi connectivity index (χ0) is 16.8. The molecule has 0 aliphatic heterocycles. The number of benzene rings is 1. The van der Waals surface area contributed by atoms with E-state index in [2.05, 4.69) is 10.3 Å². The third-order valence-electron chi connectivity index (χ3n) is 5.81. The van der Waals surface area contributed by atoms with Gasteiger partial charge in [-0.25, -0.2) is 4.39 Å². The van der Waals surface area contributed by atoms with Crippen LogP contribution in [-0.4, -0.2) is 28.6 Å². The lowest BCUT2D eigenvalue weighted by molar-refractivity contribution is 0.0860. The van der Waals surface area contributed by atoms with E-state index in [1.54, 1.807) is 19.1 Å². The molecule has 2 N–H and O–H groups in total. The third kappa shape index (κ3) is 2.47. The molecule has 1 aromatic heterocycles. The van der Waals surface area contributed by atoms with Crippen molar-refractivity contribution >= 4 is 16.8 Å². The lowest BCUT2D eigenvalue weighted by atomic mass is 9.85.